The van der Waals surface area contributed by atoms with E-state index >= 15 is 0 Å². The molecule has 166 valence electrons. The summed E-state index contributed by atoms with van der Waals surface area (Å²) in [5, 5.41) is 3.20. The average molecular weight is 459 g/mol. The van der Waals surface area contributed by atoms with E-state index < -0.39 is 22.0 Å². The highest BCUT2D eigenvalue weighted by Crippen LogP contribution is 2.37. The molecule has 0 radical (unpaired) electrons. The minimum absolute atomic E-state index is 0.258. The normalized spacial score (nSPS) is 18.0. The zero-order chi connectivity index (χ0) is 22.1. The number of sulfonamides is 1. The predicted molar refractivity (Wildman–Crippen MR) is 112 cm³/mol. The second-order valence-corrected chi connectivity index (χ2v) is 10.5. The number of thiophene rings is 1. The maximum absolute atomic E-state index is 12.8. The van der Waals surface area contributed by atoms with Gasteiger partial charge in [0.15, 0.2) is 0 Å². The van der Waals surface area contributed by atoms with E-state index in [1.54, 1.807) is 11.8 Å². The van der Waals surface area contributed by atoms with Crippen molar-refractivity contribution in [3.8, 4) is 0 Å². The zero-order valence-corrected chi connectivity index (χ0v) is 18.6. The van der Waals surface area contributed by atoms with Crippen LogP contribution in [-0.2, 0) is 32.5 Å². The maximum atomic E-state index is 12.8. The molecular weight excluding hydrogens is 432 g/mol. The minimum atomic E-state index is -3.27. The van der Waals surface area contributed by atoms with Gasteiger partial charge >= 0.3 is 6.09 Å². The summed E-state index contributed by atoms with van der Waals surface area (Å²) in [5.74, 6) is -1.23. The molecule has 12 heteroatoms. The molecule has 1 saturated heterocycles. The van der Waals surface area contributed by atoms with Crippen LogP contribution in [0.25, 0.3) is 0 Å². The zero-order valence-electron chi connectivity index (χ0n) is 17.0. The Hall–Kier alpha value is -2.18. The van der Waals surface area contributed by atoms with Crippen molar-refractivity contribution >= 4 is 44.3 Å². The molecule has 0 aromatic carbocycles. The Morgan fingerprint density at radius 1 is 1.23 bits per heavy atom. The van der Waals surface area contributed by atoms with E-state index in [1.165, 1.54) is 15.6 Å². The quantitative estimate of drug-likeness (QED) is 0.674. The van der Waals surface area contributed by atoms with Gasteiger partial charge in [0.2, 0.25) is 15.9 Å². The lowest BCUT2D eigenvalue weighted by Crippen LogP contribution is -2.41. The molecule has 2 aliphatic rings. The van der Waals surface area contributed by atoms with Crippen molar-refractivity contribution < 1.29 is 27.5 Å². The molecule has 1 aromatic rings. The lowest BCUT2D eigenvalue weighted by molar-refractivity contribution is -0.120. The highest BCUT2D eigenvalue weighted by Gasteiger charge is 2.33. The van der Waals surface area contributed by atoms with Crippen LogP contribution in [0, 0.1) is 5.92 Å². The third-order valence-corrected chi connectivity index (χ3v) is 7.80. The number of carbonyl (C=O) groups is 3. The molecule has 3 heterocycles. The molecule has 1 fully saturated rings. The van der Waals surface area contributed by atoms with Crippen LogP contribution < -0.4 is 11.1 Å². The van der Waals surface area contributed by atoms with Gasteiger partial charge in [0.05, 0.1) is 25.0 Å². The fourth-order valence-electron chi connectivity index (χ4n) is 3.79. The molecule has 0 atom stereocenters. The first-order valence-corrected chi connectivity index (χ1v) is 12.4. The fourth-order valence-corrected chi connectivity index (χ4v) is 5.93. The van der Waals surface area contributed by atoms with Crippen molar-refractivity contribution in [3.05, 3.63) is 16.0 Å². The summed E-state index contributed by atoms with van der Waals surface area (Å²) in [6.45, 7) is 3.28. The number of anilines is 1. The number of primary amides is 1. The SMILES string of the molecule is CCOC(=O)N1CCc2c(sc(NC(=O)C3CCN(S(C)(=O)=O)CC3)c2C(N)=O)C1. The Labute approximate surface area is 179 Å². The van der Waals surface area contributed by atoms with E-state index in [9.17, 15) is 22.8 Å². The van der Waals surface area contributed by atoms with Gasteiger partial charge in [-0.1, -0.05) is 0 Å². The van der Waals surface area contributed by atoms with E-state index in [1.807, 2.05) is 0 Å². The van der Waals surface area contributed by atoms with Gasteiger partial charge in [0, 0.05) is 30.4 Å². The van der Waals surface area contributed by atoms with Crippen LogP contribution in [0.15, 0.2) is 0 Å². The molecule has 3 amide bonds. The molecule has 2 aliphatic heterocycles. The monoisotopic (exact) mass is 458 g/mol. The fraction of sp³-hybridized carbons (Fsp3) is 0.611. The molecule has 0 bridgehead atoms. The van der Waals surface area contributed by atoms with E-state index in [0.717, 1.165) is 16.7 Å². The summed E-state index contributed by atoms with van der Waals surface area (Å²) < 4.78 is 29.7. The summed E-state index contributed by atoms with van der Waals surface area (Å²) in [6.07, 6.45) is 2.01. The number of rotatable bonds is 5. The molecule has 0 aliphatic carbocycles. The van der Waals surface area contributed by atoms with Gasteiger partial charge in [0.1, 0.15) is 5.00 Å². The number of ether oxygens (including phenoxy) is 1. The number of nitrogens with zero attached hydrogens (tertiary/aromatic N) is 2. The lowest BCUT2D eigenvalue weighted by atomic mass is 9.97. The second-order valence-electron chi connectivity index (χ2n) is 7.37. The topological polar surface area (TPSA) is 139 Å². The number of carbonyl (C=O) groups excluding carboxylic acids is 3. The first kappa shape index (κ1) is 22.5. The second kappa shape index (κ2) is 8.90. The van der Waals surface area contributed by atoms with Crippen LogP contribution in [0.1, 0.15) is 40.6 Å². The largest absolute Gasteiger partial charge is 0.450 e. The number of nitrogens with one attached hydrogen (secondary N) is 1. The van der Waals surface area contributed by atoms with Crippen LogP contribution in [0.2, 0.25) is 0 Å². The van der Waals surface area contributed by atoms with Crippen molar-refractivity contribution in [1.29, 1.82) is 0 Å². The van der Waals surface area contributed by atoms with Gasteiger partial charge in [-0.2, -0.15) is 0 Å². The molecule has 3 rings (SSSR count). The third kappa shape index (κ3) is 4.76. The number of nitrogens with two attached hydrogens (primary N) is 1. The van der Waals surface area contributed by atoms with Crippen LogP contribution in [-0.4, -0.2) is 68.0 Å². The molecule has 3 N–H and O–H groups in total. The first-order chi connectivity index (χ1) is 14.1. The number of fused-ring (bicyclic) bond motifs is 1. The van der Waals surface area contributed by atoms with Gasteiger partial charge in [0.25, 0.3) is 5.91 Å². The molecular formula is C18H26N4O6S2. The van der Waals surface area contributed by atoms with Crippen LogP contribution >= 0.6 is 11.3 Å². The van der Waals surface area contributed by atoms with E-state index in [-0.39, 0.29) is 31.5 Å². The number of amides is 3. The molecule has 0 saturated carbocycles. The van der Waals surface area contributed by atoms with Crippen molar-refractivity contribution in [1.82, 2.24) is 9.21 Å². The molecule has 0 unspecified atom stereocenters. The predicted octanol–water partition coefficient (Wildman–Crippen LogP) is 0.972. The highest BCUT2D eigenvalue weighted by molar-refractivity contribution is 7.88. The summed E-state index contributed by atoms with van der Waals surface area (Å²) in [4.78, 5) is 39.2. The van der Waals surface area contributed by atoms with E-state index in [4.69, 9.17) is 10.5 Å². The van der Waals surface area contributed by atoms with E-state index in [2.05, 4.69) is 5.32 Å². The maximum Gasteiger partial charge on any atom is 0.410 e. The molecule has 0 spiro atoms. The van der Waals surface area contributed by atoms with Gasteiger partial charge in [-0.3, -0.25) is 9.59 Å². The van der Waals surface area contributed by atoms with E-state index in [0.29, 0.717) is 42.9 Å². The molecule has 30 heavy (non-hydrogen) atoms. The van der Waals surface area contributed by atoms with Crippen LogP contribution in [0.5, 0.6) is 0 Å². The van der Waals surface area contributed by atoms with Crippen molar-refractivity contribution in [2.45, 2.75) is 32.7 Å². The average Bonchev–Trinajstić information content (AvgIpc) is 3.04. The van der Waals surface area contributed by atoms with Crippen molar-refractivity contribution in [2.24, 2.45) is 11.7 Å². The Balaban J connectivity index is 1.73. The summed E-state index contributed by atoms with van der Waals surface area (Å²) >= 11 is 1.24. The summed E-state index contributed by atoms with van der Waals surface area (Å²) in [7, 11) is -3.27. The van der Waals surface area contributed by atoms with Gasteiger partial charge in [-0.25, -0.2) is 17.5 Å². The van der Waals surface area contributed by atoms with Gasteiger partial charge in [-0.15, -0.1) is 11.3 Å². The molecule has 10 nitrogen and oxygen atoms in total. The van der Waals surface area contributed by atoms with Gasteiger partial charge in [-0.05, 0) is 31.7 Å². The Morgan fingerprint density at radius 2 is 1.90 bits per heavy atom. The van der Waals surface area contributed by atoms with Gasteiger partial charge < -0.3 is 20.7 Å². The number of hydrogen-bond donors (Lipinski definition) is 2. The molecule has 1 aromatic heterocycles. The smallest absolute Gasteiger partial charge is 0.410 e. The highest BCUT2D eigenvalue weighted by atomic mass is 32.2. The Kier molecular flexibility index (Phi) is 6.68. The Bertz CT molecular complexity index is 950. The van der Waals surface area contributed by atoms with Crippen LogP contribution in [0.3, 0.4) is 0 Å². The third-order valence-electron chi connectivity index (χ3n) is 5.36. The Morgan fingerprint density at radius 3 is 2.47 bits per heavy atom. The summed E-state index contributed by atoms with van der Waals surface area (Å²) in [6, 6.07) is 0. The summed E-state index contributed by atoms with van der Waals surface area (Å²) in [5.41, 5.74) is 6.63. The first-order valence-electron chi connectivity index (χ1n) is 9.73. The number of hydrogen-bond acceptors (Lipinski definition) is 7. The number of piperidine rings is 1. The van der Waals surface area contributed by atoms with Crippen molar-refractivity contribution in [2.75, 3.05) is 37.8 Å². The lowest BCUT2D eigenvalue weighted by Gasteiger charge is -2.29. The van der Waals surface area contributed by atoms with Crippen molar-refractivity contribution in [3.63, 3.8) is 0 Å². The standard InChI is InChI=1S/C18H26N4O6S2/c1-3-28-18(25)21-7-6-12-13(10-21)29-17(14(12)15(19)23)20-16(24)11-4-8-22(9-5-11)30(2,26)27/h11H,3-10H2,1-2H3,(H2,19,23)(H,20,24). The van der Waals surface area contributed by atoms with Crippen LogP contribution in [0.4, 0.5) is 9.80 Å². The minimum Gasteiger partial charge on any atom is -0.450 e.